The second-order valence-corrected chi connectivity index (χ2v) is 2.80. The Morgan fingerprint density at radius 3 is 2.78 bits per heavy atom. The zero-order valence-electron chi connectivity index (χ0n) is 4.84. The predicted molar refractivity (Wildman–Crippen MR) is 37.2 cm³/mol. The lowest BCUT2D eigenvalue weighted by atomic mass is 10.1. The first-order chi connectivity index (χ1) is 4.10. The first kappa shape index (κ1) is 6.65. The Labute approximate surface area is 58.6 Å². The summed E-state index contributed by atoms with van der Waals surface area (Å²) in [5.74, 6) is 0.233. The number of hydrogen-bond donors (Lipinski definition) is 2. The van der Waals surface area contributed by atoms with Gasteiger partial charge in [0, 0.05) is 6.42 Å². The van der Waals surface area contributed by atoms with Gasteiger partial charge in [-0.15, -0.1) is 0 Å². The van der Waals surface area contributed by atoms with E-state index in [0.29, 0.717) is 6.42 Å². The summed E-state index contributed by atoms with van der Waals surface area (Å²) in [7, 11) is 0. The minimum Gasteiger partial charge on any atom is -0.508 e. The Morgan fingerprint density at radius 2 is 2.44 bits per heavy atom. The molecule has 0 bridgehead atoms. The van der Waals surface area contributed by atoms with Crippen molar-refractivity contribution < 1.29 is 5.11 Å². The molecule has 0 heterocycles. The highest BCUT2D eigenvalue weighted by molar-refractivity contribution is 6.25. The fourth-order valence-corrected chi connectivity index (χ4v) is 0.761. The average molecular weight is 146 g/mol. The lowest BCUT2D eigenvalue weighted by Crippen LogP contribution is -2.30. The van der Waals surface area contributed by atoms with Crippen molar-refractivity contribution in [3.05, 3.63) is 24.0 Å². The molecule has 3 N–H and O–H groups in total. The van der Waals surface area contributed by atoms with E-state index in [2.05, 4.69) is 0 Å². The van der Waals surface area contributed by atoms with Gasteiger partial charge in [-0.2, -0.15) is 0 Å². The maximum absolute atomic E-state index is 8.80. The molecule has 0 saturated heterocycles. The molecule has 0 aromatic carbocycles. The van der Waals surface area contributed by atoms with Gasteiger partial charge in [-0.25, -0.2) is 0 Å². The number of aliphatic hydroxyl groups excluding tert-OH is 1. The highest BCUT2D eigenvalue weighted by Gasteiger charge is 2.18. The van der Waals surface area contributed by atoms with Crippen molar-refractivity contribution in [2.24, 2.45) is 5.73 Å². The first-order valence-electron chi connectivity index (χ1n) is 2.66. The van der Waals surface area contributed by atoms with Gasteiger partial charge >= 0.3 is 0 Å². The predicted octanol–water partition coefficient (Wildman–Crippen LogP) is 1.28. The summed E-state index contributed by atoms with van der Waals surface area (Å²) in [5.41, 5.74) is 5.46. The second-order valence-electron chi connectivity index (χ2n) is 2.09. The second kappa shape index (κ2) is 2.05. The van der Waals surface area contributed by atoms with Gasteiger partial charge in [0.1, 0.15) is 10.8 Å². The number of hydrogen-bond acceptors (Lipinski definition) is 2. The molecule has 1 rings (SSSR count). The third-order valence-corrected chi connectivity index (χ3v) is 1.44. The maximum atomic E-state index is 8.80. The highest BCUT2D eigenvalue weighted by Crippen LogP contribution is 2.20. The summed E-state index contributed by atoms with van der Waals surface area (Å²) < 4.78 is 0. The zero-order valence-corrected chi connectivity index (χ0v) is 5.60. The number of nitrogens with two attached hydrogens (primary N) is 1. The van der Waals surface area contributed by atoms with E-state index in [1.54, 1.807) is 12.2 Å². The van der Waals surface area contributed by atoms with Crippen LogP contribution in [0.25, 0.3) is 0 Å². The van der Waals surface area contributed by atoms with Crippen LogP contribution in [-0.4, -0.2) is 10.1 Å². The lowest BCUT2D eigenvalue weighted by Gasteiger charge is -2.17. The van der Waals surface area contributed by atoms with E-state index in [1.165, 1.54) is 6.08 Å². The van der Waals surface area contributed by atoms with Gasteiger partial charge in [-0.3, -0.25) is 0 Å². The summed E-state index contributed by atoms with van der Waals surface area (Å²) in [5, 5.41) is 8.80. The van der Waals surface area contributed by atoms with E-state index in [0.717, 1.165) is 0 Å². The highest BCUT2D eigenvalue weighted by atomic mass is 35.5. The molecule has 9 heavy (non-hydrogen) atoms. The maximum Gasteiger partial charge on any atom is 0.114 e. The van der Waals surface area contributed by atoms with Crippen molar-refractivity contribution in [1.29, 1.82) is 0 Å². The Hall–Kier alpha value is -0.470. The monoisotopic (exact) mass is 145 g/mol. The van der Waals surface area contributed by atoms with Crippen LogP contribution >= 0.6 is 11.6 Å². The van der Waals surface area contributed by atoms with E-state index in [-0.39, 0.29) is 5.76 Å². The van der Waals surface area contributed by atoms with Crippen molar-refractivity contribution in [2.45, 2.75) is 11.4 Å². The number of halogens is 1. The molecule has 0 amide bonds. The van der Waals surface area contributed by atoms with Crippen LogP contribution < -0.4 is 5.73 Å². The van der Waals surface area contributed by atoms with Gasteiger partial charge in [-0.05, 0) is 18.2 Å². The molecule has 0 aromatic rings. The van der Waals surface area contributed by atoms with Crippen LogP contribution in [0.3, 0.4) is 0 Å². The normalized spacial score (nSPS) is 34.2. The molecule has 3 heteroatoms. The third-order valence-electron chi connectivity index (χ3n) is 1.16. The summed E-state index contributed by atoms with van der Waals surface area (Å²) in [6.45, 7) is 0. The van der Waals surface area contributed by atoms with E-state index in [9.17, 15) is 0 Å². The molecular formula is C6H8ClNO. The van der Waals surface area contributed by atoms with Gasteiger partial charge < -0.3 is 10.8 Å². The minimum atomic E-state index is -0.785. The van der Waals surface area contributed by atoms with Crippen molar-refractivity contribution >= 4 is 11.6 Å². The zero-order chi connectivity index (χ0) is 6.91. The minimum absolute atomic E-state index is 0.233. The molecule has 1 aliphatic rings. The molecular weight excluding hydrogens is 138 g/mol. The standard InChI is InChI=1S/C6H8ClNO/c7-6(8)3-1-5(9)2-4-6/h1-3,9H,4,8H2. The van der Waals surface area contributed by atoms with Gasteiger partial charge in [-0.1, -0.05) is 11.6 Å². The van der Waals surface area contributed by atoms with Crippen LogP contribution in [0.4, 0.5) is 0 Å². The van der Waals surface area contributed by atoms with Gasteiger partial charge in [0.15, 0.2) is 0 Å². The number of aliphatic hydroxyl groups is 1. The quantitative estimate of drug-likeness (QED) is 0.399. The van der Waals surface area contributed by atoms with E-state index in [1.807, 2.05) is 0 Å². The Kier molecular flexibility index (Phi) is 1.51. The van der Waals surface area contributed by atoms with Crippen LogP contribution in [0.2, 0.25) is 0 Å². The Bertz CT molecular complexity index is 172. The Morgan fingerprint density at radius 1 is 1.78 bits per heavy atom. The van der Waals surface area contributed by atoms with Crippen LogP contribution in [0.1, 0.15) is 6.42 Å². The molecule has 1 atom stereocenters. The largest absolute Gasteiger partial charge is 0.508 e. The van der Waals surface area contributed by atoms with Crippen LogP contribution in [-0.2, 0) is 0 Å². The third kappa shape index (κ3) is 1.73. The average Bonchev–Trinajstić information content (AvgIpc) is 1.78. The van der Waals surface area contributed by atoms with Crippen molar-refractivity contribution in [2.75, 3.05) is 0 Å². The number of alkyl halides is 1. The summed E-state index contributed by atoms with van der Waals surface area (Å²) >= 11 is 5.67. The lowest BCUT2D eigenvalue weighted by molar-refractivity contribution is 0.423. The van der Waals surface area contributed by atoms with Gasteiger partial charge in [0.25, 0.3) is 0 Å². The molecule has 1 unspecified atom stereocenters. The van der Waals surface area contributed by atoms with Gasteiger partial charge in [0.2, 0.25) is 0 Å². The molecule has 0 aliphatic heterocycles. The molecule has 0 fully saturated rings. The Balaban J connectivity index is 2.70. The molecule has 0 spiro atoms. The number of rotatable bonds is 0. The molecule has 2 nitrogen and oxygen atoms in total. The molecule has 0 radical (unpaired) electrons. The topological polar surface area (TPSA) is 46.2 Å². The van der Waals surface area contributed by atoms with E-state index in [4.69, 9.17) is 22.4 Å². The fourth-order valence-electron chi connectivity index (χ4n) is 0.621. The molecule has 0 saturated carbocycles. The number of allylic oxidation sites excluding steroid dienone is 1. The van der Waals surface area contributed by atoms with Crippen molar-refractivity contribution in [3.8, 4) is 0 Å². The SMILES string of the molecule is NC1(Cl)C=CC(O)=CC1. The fraction of sp³-hybridized carbons (Fsp3) is 0.333. The summed E-state index contributed by atoms with van der Waals surface area (Å²) in [6, 6.07) is 0. The van der Waals surface area contributed by atoms with Crippen molar-refractivity contribution in [1.82, 2.24) is 0 Å². The molecule has 1 aliphatic carbocycles. The van der Waals surface area contributed by atoms with Crippen LogP contribution in [0.5, 0.6) is 0 Å². The smallest absolute Gasteiger partial charge is 0.114 e. The van der Waals surface area contributed by atoms with Crippen molar-refractivity contribution in [3.63, 3.8) is 0 Å². The van der Waals surface area contributed by atoms with Crippen LogP contribution in [0.15, 0.2) is 24.0 Å². The van der Waals surface area contributed by atoms with E-state index < -0.39 is 5.00 Å². The molecule has 50 valence electrons. The molecule has 0 aromatic heterocycles. The summed E-state index contributed by atoms with van der Waals surface area (Å²) in [4.78, 5) is -0.785. The first-order valence-corrected chi connectivity index (χ1v) is 3.04. The van der Waals surface area contributed by atoms with E-state index >= 15 is 0 Å². The summed E-state index contributed by atoms with van der Waals surface area (Å²) in [6.07, 6.45) is 5.14. The van der Waals surface area contributed by atoms with Gasteiger partial charge in [0.05, 0.1) is 0 Å². The van der Waals surface area contributed by atoms with Crippen LogP contribution in [0, 0.1) is 0 Å².